The van der Waals surface area contributed by atoms with Crippen LogP contribution in [0, 0.1) is 0 Å². The third-order valence-electron chi connectivity index (χ3n) is 4.13. The van der Waals surface area contributed by atoms with Crippen molar-refractivity contribution in [1.82, 2.24) is 14.1 Å². The van der Waals surface area contributed by atoms with Gasteiger partial charge in [-0.25, -0.2) is 17.5 Å². The molecule has 27 heavy (non-hydrogen) atoms. The Labute approximate surface area is 165 Å². The van der Waals surface area contributed by atoms with E-state index in [9.17, 15) is 18.0 Å². The zero-order chi connectivity index (χ0) is 19.5. The minimum absolute atomic E-state index is 0. The second-order valence-corrected chi connectivity index (χ2v) is 8.17. The fourth-order valence-electron chi connectivity index (χ4n) is 2.57. The zero-order valence-electron chi connectivity index (χ0n) is 15.5. The van der Waals surface area contributed by atoms with Crippen LogP contribution in [0.15, 0.2) is 23.1 Å². The van der Waals surface area contributed by atoms with Gasteiger partial charge in [-0.2, -0.15) is 0 Å². The average molecular weight is 421 g/mol. The molecule has 0 aromatic heterocycles. The summed E-state index contributed by atoms with van der Waals surface area (Å²) in [5.41, 5.74) is 6.24. The summed E-state index contributed by atoms with van der Waals surface area (Å²) in [6, 6.07) is 4.09. The molecule has 0 bridgehead atoms. The highest BCUT2D eigenvalue weighted by Gasteiger charge is 2.27. The van der Waals surface area contributed by atoms with Crippen molar-refractivity contribution in [2.75, 3.05) is 52.6 Å². The van der Waals surface area contributed by atoms with Gasteiger partial charge in [-0.15, -0.1) is 12.4 Å². The number of halogens is 1. The fraction of sp³-hybridized carbons (Fsp3) is 0.500. The van der Waals surface area contributed by atoms with Gasteiger partial charge in [0, 0.05) is 46.0 Å². The van der Waals surface area contributed by atoms with Gasteiger partial charge in [0.05, 0.1) is 17.1 Å². The maximum absolute atomic E-state index is 12.8. The van der Waals surface area contributed by atoms with Gasteiger partial charge < -0.3 is 20.3 Å². The molecule has 2 N–H and O–H groups in total. The number of carbonyl (C=O) groups is 2. The predicted molar refractivity (Wildman–Crippen MR) is 103 cm³/mol. The van der Waals surface area contributed by atoms with Gasteiger partial charge in [0.1, 0.15) is 0 Å². The molecule has 0 saturated carbocycles. The molecule has 0 aliphatic carbocycles. The smallest absolute Gasteiger partial charge is 0.409 e. The summed E-state index contributed by atoms with van der Waals surface area (Å²) in [5.74, 6) is -0.359. The number of sulfonamides is 1. The molecule has 0 atom stereocenters. The van der Waals surface area contributed by atoms with Crippen LogP contribution in [0.5, 0.6) is 0 Å². The number of anilines is 1. The van der Waals surface area contributed by atoms with E-state index in [1.165, 1.54) is 37.2 Å². The van der Waals surface area contributed by atoms with E-state index in [2.05, 4.69) is 0 Å². The van der Waals surface area contributed by atoms with E-state index in [1.54, 1.807) is 11.8 Å². The monoisotopic (exact) mass is 420 g/mol. The lowest BCUT2D eigenvalue weighted by molar-refractivity contribution is 0.0571. The molecule has 152 valence electrons. The lowest BCUT2D eigenvalue weighted by atomic mass is 10.1. The number of ether oxygens (including phenoxy) is 1. The molecule has 0 radical (unpaired) electrons. The predicted octanol–water partition coefficient (Wildman–Crippen LogP) is 0.855. The molecule has 0 unspecified atom stereocenters. The van der Waals surface area contributed by atoms with E-state index in [1.807, 2.05) is 0 Å². The van der Waals surface area contributed by atoms with Gasteiger partial charge in [-0.05, 0) is 25.1 Å². The zero-order valence-corrected chi connectivity index (χ0v) is 17.2. The SMILES string of the molecule is CCOC(=O)N1CCN(C(=O)c2cc(S(=O)(=O)N(C)C)ccc2N)CC1.Cl. The van der Waals surface area contributed by atoms with Crippen molar-refractivity contribution in [3.63, 3.8) is 0 Å². The molecule has 0 spiro atoms. The third-order valence-corrected chi connectivity index (χ3v) is 5.94. The summed E-state index contributed by atoms with van der Waals surface area (Å²) in [6.07, 6.45) is -0.404. The maximum atomic E-state index is 12.8. The highest BCUT2D eigenvalue weighted by molar-refractivity contribution is 7.89. The molecule has 1 fully saturated rings. The first kappa shape index (κ1) is 23.0. The highest BCUT2D eigenvalue weighted by atomic mass is 35.5. The Morgan fingerprint density at radius 1 is 1.15 bits per heavy atom. The lowest BCUT2D eigenvalue weighted by Crippen LogP contribution is -2.50. The van der Waals surface area contributed by atoms with Crippen LogP contribution in [0.1, 0.15) is 17.3 Å². The van der Waals surface area contributed by atoms with E-state index in [0.29, 0.717) is 32.8 Å². The van der Waals surface area contributed by atoms with E-state index in [0.717, 1.165) is 4.31 Å². The van der Waals surface area contributed by atoms with Gasteiger partial charge in [-0.3, -0.25) is 4.79 Å². The Bertz CT molecular complexity index is 792. The van der Waals surface area contributed by atoms with Gasteiger partial charge in [0.15, 0.2) is 0 Å². The van der Waals surface area contributed by atoms with Crippen LogP contribution in [0.2, 0.25) is 0 Å². The Hall–Kier alpha value is -2.04. The van der Waals surface area contributed by atoms with Crippen molar-refractivity contribution in [3.8, 4) is 0 Å². The Balaban J connectivity index is 0.00000364. The molecule has 2 amide bonds. The fourth-order valence-corrected chi connectivity index (χ4v) is 3.50. The van der Waals surface area contributed by atoms with Crippen LogP contribution < -0.4 is 5.73 Å². The summed E-state index contributed by atoms with van der Waals surface area (Å²) >= 11 is 0. The Morgan fingerprint density at radius 2 is 1.70 bits per heavy atom. The number of piperazine rings is 1. The normalized spacial score (nSPS) is 14.7. The minimum atomic E-state index is -3.67. The van der Waals surface area contributed by atoms with Crippen molar-refractivity contribution in [2.24, 2.45) is 0 Å². The van der Waals surface area contributed by atoms with Crippen molar-refractivity contribution in [1.29, 1.82) is 0 Å². The number of benzene rings is 1. The number of rotatable bonds is 4. The number of nitrogens with zero attached hydrogens (tertiary/aromatic N) is 3. The number of carbonyl (C=O) groups excluding carboxylic acids is 2. The van der Waals surface area contributed by atoms with Crippen molar-refractivity contribution < 1.29 is 22.7 Å². The summed E-state index contributed by atoms with van der Waals surface area (Å²) in [4.78, 5) is 27.6. The molecule has 2 rings (SSSR count). The van der Waals surface area contributed by atoms with Gasteiger partial charge in [0.2, 0.25) is 10.0 Å². The van der Waals surface area contributed by atoms with Crippen LogP contribution in [0.4, 0.5) is 10.5 Å². The first-order valence-corrected chi connectivity index (χ1v) is 9.65. The first-order valence-electron chi connectivity index (χ1n) is 8.21. The number of amides is 2. The molecule has 9 nitrogen and oxygen atoms in total. The van der Waals surface area contributed by atoms with Crippen LogP contribution in [0.3, 0.4) is 0 Å². The van der Waals surface area contributed by atoms with E-state index >= 15 is 0 Å². The molecule has 1 aromatic carbocycles. The molecular weight excluding hydrogens is 396 g/mol. The lowest BCUT2D eigenvalue weighted by Gasteiger charge is -2.34. The molecule has 11 heteroatoms. The topological polar surface area (TPSA) is 113 Å². The Morgan fingerprint density at radius 3 is 2.22 bits per heavy atom. The van der Waals surface area contributed by atoms with Gasteiger partial charge in [-0.1, -0.05) is 0 Å². The number of nitrogen functional groups attached to an aromatic ring is 1. The molecule has 1 aliphatic heterocycles. The number of nitrogens with two attached hydrogens (primary N) is 1. The summed E-state index contributed by atoms with van der Waals surface area (Å²) in [5, 5.41) is 0. The second kappa shape index (κ2) is 9.25. The molecule has 1 aromatic rings. The highest BCUT2D eigenvalue weighted by Crippen LogP contribution is 2.22. The van der Waals surface area contributed by atoms with E-state index in [4.69, 9.17) is 10.5 Å². The largest absolute Gasteiger partial charge is 0.450 e. The van der Waals surface area contributed by atoms with E-state index < -0.39 is 16.1 Å². The summed E-state index contributed by atoms with van der Waals surface area (Å²) in [7, 11) is -0.832. The van der Waals surface area contributed by atoms with Crippen LogP contribution in [-0.2, 0) is 14.8 Å². The molecular formula is C16H25ClN4O5S. The van der Waals surface area contributed by atoms with E-state index in [-0.39, 0.29) is 34.5 Å². The summed E-state index contributed by atoms with van der Waals surface area (Å²) < 4.78 is 30.6. The quantitative estimate of drug-likeness (QED) is 0.722. The second-order valence-electron chi connectivity index (χ2n) is 6.01. The van der Waals surface area contributed by atoms with Gasteiger partial charge in [0.25, 0.3) is 5.91 Å². The van der Waals surface area contributed by atoms with Crippen LogP contribution in [-0.4, -0.2) is 81.4 Å². The van der Waals surface area contributed by atoms with Crippen LogP contribution >= 0.6 is 12.4 Å². The van der Waals surface area contributed by atoms with Crippen molar-refractivity contribution >= 4 is 40.1 Å². The third kappa shape index (κ3) is 5.02. The Kier molecular flexibility index (Phi) is 7.88. The van der Waals surface area contributed by atoms with Gasteiger partial charge >= 0.3 is 6.09 Å². The summed E-state index contributed by atoms with van der Waals surface area (Å²) in [6.45, 7) is 3.36. The van der Waals surface area contributed by atoms with Crippen molar-refractivity contribution in [3.05, 3.63) is 23.8 Å². The maximum Gasteiger partial charge on any atom is 0.409 e. The van der Waals surface area contributed by atoms with Crippen LogP contribution in [0.25, 0.3) is 0 Å². The number of hydrogen-bond donors (Lipinski definition) is 1. The average Bonchev–Trinajstić information content (AvgIpc) is 2.61. The molecule has 1 saturated heterocycles. The number of hydrogen-bond acceptors (Lipinski definition) is 6. The first-order chi connectivity index (χ1) is 12.2. The standard InChI is InChI=1S/C16H24N4O5S.ClH/c1-4-25-16(22)20-9-7-19(8-10-20)15(21)13-11-12(5-6-14(13)17)26(23,24)18(2)3;/h5-6,11H,4,7-10,17H2,1-3H3;1H. The molecule has 1 heterocycles. The minimum Gasteiger partial charge on any atom is -0.450 e. The molecule has 1 aliphatic rings. The van der Waals surface area contributed by atoms with Crippen molar-refractivity contribution in [2.45, 2.75) is 11.8 Å².